The molecule has 0 spiro atoms. The van der Waals surface area contributed by atoms with Crippen molar-refractivity contribution in [3.8, 4) is 11.3 Å². The molecule has 0 saturated heterocycles. The Morgan fingerprint density at radius 3 is 2.27 bits per heavy atom. The maximum absolute atomic E-state index is 12.5. The zero-order valence-corrected chi connectivity index (χ0v) is 22.4. The van der Waals surface area contributed by atoms with Crippen LogP contribution < -0.4 is 9.73 Å². The molecule has 37 heavy (non-hydrogen) atoms. The summed E-state index contributed by atoms with van der Waals surface area (Å²) in [6, 6.07) is 21.6. The smallest absolute Gasteiger partial charge is 0.271 e. The number of furan rings is 1. The number of anilines is 1. The molecule has 0 unspecified atom stereocenters. The third-order valence-corrected chi connectivity index (χ3v) is 7.18. The van der Waals surface area contributed by atoms with Crippen LogP contribution >= 0.6 is 34.8 Å². The molecular weight excluding hydrogens is 557 g/mol. The minimum atomic E-state index is -3.58. The second kappa shape index (κ2) is 11.4. The van der Waals surface area contributed by atoms with Gasteiger partial charge in [-0.2, -0.15) is 5.10 Å². The van der Waals surface area contributed by atoms with Crippen LogP contribution in [0.4, 0.5) is 5.69 Å². The second-order valence-electron chi connectivity index (χ2n) is 7.97. The van der Waals surface area contributed by atoms with Crippen molar-refractivity contribution in [3.63, 3.8) is 0 Å². The summed E-state index contributed by atoms with van der Waals surface area (Å²) >= 11 is 18.1. The van der Waals surface area contributed by atoms with Crippen molar-refractivity contribution in [1.29, 1.82) is 0 Å². The molecule has 4 aromatic rings. The number of hydrogen-bond donors (Lipinski definition) is 1. The summed E-state index contributed by atoms with van der Waals surface area (Å²) in [6.07, 6.45) is 2.48. The summed E-state index contributed by atoms with van der Waals surface area (Å²) in [5, 5.41) is 5.46. The molecule has 0 radical (unpaired) electrons. The van der Waals surface area contributed by atoms with Crippen LogP contribution in [0.3, 0.4) is 0 Å². The van der Waals surface area contributed by atoms with Gasteiger partial charge in [0.05, 0.1) is 29.7 Å². The quantitative estimate of drug-likeness (QED) is 0.188. The highest BCUT2D eigenvalue weighted by atomic mass is 35.5. The first-order chi connectivity index (χ1) is 17.6. The lowest BCUT2D eigenvalue weighted by Gasteiger charge is -2.22. The lowest BCUT2D eigenvalue weighted by molar-refractivity contribution is 0.0955. The molecule has 0 aliphatic carbocycles. The van der Waals surface area contributed by atoms with Gasteiger partial charge in [-0.1, -0.05) is 46.9 Å². The number of carbonyl (C=O) groups excluding carboxylic acids is 1. The normalized spacial score (nSPS) is 11.6. The lowest BCUT2D eigenvalue weighted by atomic mass is 10.2. The molecule has 0 saturated carbocycles. The number of hydrazone groups is 1. The lowest BCUT2D eigenvalue weighted by Crippen LogP contribution is -2.29. The van der Waals surface area contributed by atoms with E-state index in [0.717, 1.165) is 11.8 Å². The van der Waals surface area contributed by atoms with Gasteiger partial charge in [0.2, 0.25) is 10.0 Å². The van der Waals surface area contributed by atoms with Crippen molar-refractivity contribution in [1.82, 2.24) is 5.43 Å². The number of rotatable bonds is 8. The van der Waals surface area contributed by atoms with Gasteiger partial charge in [0.25, 0.3) is 5.91 Å². The fraction of sp³-hybridized carbons (Fsp3) is 0.0769. The van der Waals surface area contributed by atoms with Crippen LogP contribution in [-0.2, 0) is 16.6 Å². The predicted molar refractivity (Wildman–Crippen MR) is 148 cm³/mol. The maximum atomic E-state index is 12.5. The number of nitrogens with one attached hydrogen (secondary N) is 1. The summed E-state index contributed by atoms with van der Waals surface area (Å²) in [5.74, 6) is 0.459. The molecule has 0 bridgehead atoms. The Kier molecular flexibility index (Phi) is 8.24. The molecule has 11 heteroatoms. The third-order valence-electron chi connectivity index (χ3n) is 5.24. The molecule has 190 valence electrons. The van der Waals surface area contributed by atoms with Gasteiger partial charge in [-0.25, -0.2) is 13.8 Å². The molecular formula is C26H20Cl3N3O4S. The molecule has 0 aliphatic rings. The number of amides is 1. The van der Waals surface area contributed by atoms with Crippen molar-refractivity contribution in [2.24, 2.45) is 5.10 Å². The van der Waals surface area contributed by atoms with E-state index in [0.29, 0.717) is 43.4 Å². The molecule has 0 fully saturated rings. The van der Waals surface area contributed by atoms with Crippen molar-refractivity contribution >= 4 is 62.6 Å². The number of halogens is 3. The first-order valence-electron chi connectivity index (χ1n) is 10.8. The predicted octanol–water partition coefficient (Wildman–Crippen LogP) is 6.64. The van der Waals surface area contributed by atoms with Crippen LogP contribution in [-0.4, -0.2) is 26.8 Å². The van der Waals surface area contributed by atoms with E-state index in [9.17, 15) is 13.2 Å². The van der Waals surface area contributed by atoms with E-state index in [4.69, 9.17) is 39.2 Å². The van der Waals surface area contributed by atoms with Crippen molar-refractivity contribution in [2.75, 3.05) is 10.6 Å². The Labute approximate surface area is 229 Å². The fourth-order valence-corrected chi connectivity index (χ4v) is 4.93. The number of hydrogen-bond acceptors (Lipinski definition) is 5. The highest BCUT2D eigenvalue weighted by Gasteiger charge is 2.18. The van der Waals surface area contributed by atoms with Gasteiger partial charge in [0, 0.05) is 21.2 Å². The minimum Gasteiger partial charge on any atom is -0.455 e. The van der Waals surface area contributed by atoms with E-state index in [1.54, 1.807) is 66.7 Å². The van der Waals surface area contributed by atoms with Crippen LogP contribution in [0.2, 0.25) is 15.1 Å². The zero-order chi connectivity index (χ0) is 26.6. The Bertz CT molecular complexity index is 1550. The van der Waals surface area contributed by atoms with E-state index in [-0.39, 0.29) is 6.54 Å². The van der Waals surface area contributed by atoms with Crippen LogP contribution in [0.15, 0.2) is 88.4 Å². The van der Waals surface area contributed by atoms with E-state index in [1.807, 2.05) is 0 Å². The van der Waals surface area contributed by atoms with Gasteiger partial charge in [0.1, 0.15) is 11.5 Å². The van der Waals surface area contributed by atoms with Crippen molar-refractivity contribution < 1.29 is 17.6 Å². The van der Waals surface area contributed by atoms with Crippen molar-refractivity contribution in [3.05, 3.63) is 111 Å². The van der Waals surface area contributed by atoms with Crippen LogP contribution in [0.5, 0.6) is 0 Å². The van der Waals surface area contributed by atoms with Gasteiger partial charge in [-0.15, -0.1) is 0 Å². The first-order valence-corrected chi connectivity index (χ1v) is 13.8. The van der Waals surface area contributed by atoms with Gasteiger partial charge < -0.3 is 4.42 Å². The summed E-state index contributed by atoms with van der Waals surface area (Å²) in [4.78, 5) is 12.5. The van der Waals surface area contributed by atoms with Crippen LogP contribution in [0.1, 0.15) is 21.7 Å². The van der Waals surface area contributed by atoms with Gasteiger partial charge >= 0.3 is 0 Å². The second-order valence-corrected chi connectivity index (χ2v) is 11.2. The molecule has 4 rings (SSSR count). The Balaban J connectivity index is 1.41. The minimum absolute atomic E-state index is 0.123. The Morgan fingerprint density at radius 2 is 1.62 bits per heavy atom. The number of benzene rings is 3. The van der Waals surface area contributed by atoms with Gasteiger partial charge in [-0.05, 0) is 72.3 Å². The monoisotopic (exact) mass is 575 g/mol. The summed E-state index contributed by atoms with van der Waals surface area (Å²) in [7, 11) is -3.58. The molecule has 3 aromatic carbocycles. The Morgan fingerprint density at radius 1 is 0.946 bits per heavy atom. The van der Waals surface area contributed by atoms with Crippen molar-refractivity contribution in [2.45, 2.75) is 6.54 Å². The third kappa shape index (κ3) is 6.93. The fourth-order valence-electron chi connectivity index (χ4n) is 3.41. The first kappa shape index (κ1) is 26.8. The van der Waals surface area contributed by atoms with Crippen LogP contribution in [0.25, 0.3) is 11.3 Å². The molecule has 1 aromatic heterocycles. The molecule has 1 amide bonds. The Hall–Kier alpha value is -3.30. The molecule has 0 atom stereocenters. The number of nitrogens with zero attached hydrogens (tertiary/aromatic N) is 2. The molecule has 1 N–H and O–H groups in total. The molecule has 7 nitrogen and oxygen atoms in total. The summed E-state index contributed by atoms with van der Waals surface area (Å²) in [5.41, 5.74) is 4.58. The van der Waals surface area contributed by atoms with Crippen LogP contribution in [0, 0.1) is 0 Å². The molecule has 1 heterocycles. The van der Waals surface area contributed by atoms with E-state index < -0.39 is 15.9 Å². The zero-order valence-electron chi connectivity index (χ0n) is 19.4. The van der Waals surface area contributed by atoms with Gasteiger partial charge in [-0.3, -0.25) is 9.10 Å². The summed E-state index contributed by atoms with van der Waals surface area (Å²) < 4.78 is 31.8. The highest BCUT2D eigenvalue weighted by Crippen LogP contribution is 2.31. The van der Waals surface area contributed by atoms with E-state index in [2.05, 4.69) is 10.5 Å². The standard InChI is InChI=1S/C26H20Cl3N3O4S/c1-37(34,35)32(16-17-2-6-19(27)7-3-17)21-9-4-18(5-10-21)26(33)31-30-15-22-11-13-25(36-22)23-12-8-20(28)14-24(23)29/h2-15H,16H2,1H3,(H,31,33)/b30-15-. The highest BCUT2D eigenvalue weighted by molar-refractivity contribution is 7.92. The summed E-state index contributed by atoms with van der Waals surface area (Å²) in [6.45, 7) is 0.123. The topological polar surface area (TPSA) is 92.0 Å². The average molecular weight is 577 g/mol. The molecule has 0 aliphatic heterocycles. The van der Waals surface area contributed by atoms with E-state index in [1.165, 1.54) is 22.7 Å². The SMILES string of the molecule is CS(=O)(=O)N(Cc1ccc(Cl)cc1)c1ccc(C(=O)N/N=C\c2ccc(-c3ccc(Cl)cc3Cl)o2)cc1. The number of sulfonamides is 1. The average Bonchev–Trinajstić information content (AvgIpc) is 3.31. The van der Waals surface area contributed by atoms with E-state index >= 15 is 0 Å². The van der Waals surface area contributed by atoms with Gasteiger partial charge in [0.15, 0.2) is 0 Å². The maximum Gasteiger partial charge on any atom is 0.271 e. The number of carbonyl (C=O) groups is 1. The largest absolute Gasteiger partial charge is 0.455 e.